The predicted octanol–water partition coefficient (Wildman–Crippen LogP) is -0.00112. The van der Waals surface area contributed by atoms with Crippen molar-refractivity contribution in [2.24, 2.45) is 0 Å². The minimum atomic E-state index is -0.474. The highest BCUT2D eigenvalue weighted by molar-refractivity contribution is 7.13. The minimum absolute atomic E-state index is 0.119. The monoisotopic (exact) mass is 234 g/mol. The summed E-state index contributed by atoms with van der Waals surface area (Å²) in [5.41, 5.74) is 0. The van der Waals surface area contributed by atoms with Gasteiger partial charge in [0.05, 0.1) is 4.88 Å². The first-order valence-electron chi connectivity index (χ1n) is 4.29. The first-order valence-corrected chi connectivity index (χ1v) is 5.17. The Balaban J connectivity index is 2.09. The lowest BCUT2D eigenvalue weighted by atomic mass is 10.5. The molecule has 0 aromatic carbocycles. The molecule has 0 aliphatic heterocycles. The zero-order valence-electron chi connectivity index (χ0n) is 7.99. The Morgan fingerprint density at radius 3 is 3.25 bits per heavy atom. The molecule has 0 fully saturated rings. The van der Waals surface area contributed by atoms with E-state index in [2.05, 4.69) is 15.4 Å². The van der Waals surface area contributed by atoms with Gasteiger partial charge in [-0.15, -0.1) is 21.5 Å². The van der Waals surface area contributed by atoms with Crippen LogP contribution < -0.4 is 5.32 Å². The quantitative estimate of drug-likeness (QED) is 0.595. The zero-order valence-corrected chi connectivity index (χ0v) is 8.81. The fourth-order valence-electron chi connectivity index (χ4n) is 1.04. The van der Waals surface area contributed by atoms with Crippen LogP contribution in [0.2, 0.25) is 0 Å². The van der Waals surface area contributed by atoms with Crippen molar-refractivity contribution >= 4 is 17.2 Å². The Morgan fingerprint density at radius 1 is 1.69 bits per heavy atom. The highest BCUT2D eigenvalue weighted by Gasteiger charge is 2.09. The van der Waals surface area contributed by atoms with Crippen molar-refractivity contribution in [2.75, 3.05) is 0 Å². The van der Waals surface area contributed by atoms with E-state index in [-0.39, 0.29) is 6.54 Å². The van der Waals surface area contributed by atoms with E-state index >= 15 is 0 Å². The van der Waals surface area contributed by atoms with E-state index in [0.717, 1.165) is 9.67 Å². The summed E-state index contributed by atoms with van der Waals surface area (Å²) in [6.07, 6.45) is 1.54. The maximum absolute atomic E-state index is 11.0. The molecule has 0 saturated heterocycles. The number of carbonyl (C=O) groups is 1. The summed E-state index contributed by atoms with van der Waals surface area (Å²) >= 11 is 1.49. The standard InChI is InChI=1S/C8H6N6OS/c9-5-10-7(15)4-14-12-8(11-13-14)6-2-1-3-16-6/h1-3H,4H2,(H,10,15). The number of hydrogen-bond acceptors (Lipinski definition) is 6. The van der Waals surface area contributed by atoms with Crippen molar-refractivity contribution in [3.63, 3.8) is 0 Å². The van der Waals surface area contributed by atoms with Crippen LogP contribution in [0.4, 0.5) is 0 Å². The average Bonchev–Trinajstić information content (AvgIpc) is 2.86. The van der Waals surface area contributed by atoms with E-state index < -0.39 is 5.91 Å². The lowest BCUT2D eigenvalue weighted by molar-refractivity contribution is -0.120. The van der Waals surface area contributed by atoms with Crippen LogP contribution >= 0.6 is 11.3 Å². The highest BCUT2D eigenvalue weighted by Crippen LogP contribution is 2.19. The SMILES string of the molecule is N#CNC(=O)Cn1nnc(-c2cccs2)n1. The second kappa shape index (κ2) is 4.50. The number of carbonyl (C=O) groups excluding carboxylic acids is 1. The molecule has 8 heteroatoms. The third-order valence-electron chi connectivity index (χ3n) is 1.67. The number of nitriles is 1. The number of amides is 1. The maximum atomic E-state index is 11.0. The van der Waals surface area contributed by atoms with E-state index in [4.69, 9.17) is 5.26 Å². The van der Waals surface area contributed by atoms with Gasteiger partial charge in [-0.05, 0) is 16.7 Å². The molecular formula is C8H6N6OS. The van der Waals surface area contributed by atoms with Crippen LogP contribution in [0.1, 0.15) is 0 Å². The van der Waals surface area contributed by atoms with Crippen molar-refractivity contribution in [1.82, 2.24) is 25.5 Å². The molecule has 0 aliphatic rings. The van der Waals surface area contributed by atoms with E-state index in [0.29, 0.717) is 5.82 Å². The summed E-state index contributed by atoms with van der Waals surface area (Å²) in [5.74, 6) is -0.00242. The molecule has 0 unspecified atom stereocenters. The topological polar surface area (TPSA) is 96.5 Å². The van der Waals surface area contributed by atoms with Gasteiger partial charge in [0.2, 0.25) is 5.82 Å². The molecule has 1 amide bonds. The molecule has 1 N–H and O–H groups in total. The normalized spacial score (nSPS) is 9.69. The van der Waals surface area contributed by atoms with Gasteiger partial charge in [0.15, 0.2) is 6.19 Å². The van der Waals surface area contributed by atoms with E-state index in [9.17, 15) is 4.79 Å². The minimum Gasteiger partial charge on any atom is -0.272 e. The van der Waals surface area contributed by atoms with Gasteiger partial charge in [-0.3, -0.25) is 10.1 Å². The second-order valence-corrected chi connectivity index (χ2v) is 3.73. The van der Waals surface area contributed by atoms with Gasteiger partial charge in [-0.25, -0.2) is 0 Å². The van der Waals surface area contributed by atoms with Gasteiger partial charge < -0.3 is 0 Å². The fourth-order valence-corrected chi connectivity index (χ4v) is 1.69. The maximum Gasteiger partial charge on any atom is 0.256 e. The number of thiophene rings is 1. The van der Waals surface area contributed by atoms with Crippen molar-refractivity contribution in [3.8, 4) is 16.9 Å². The number of hydrogen-bond donors (Lipinski definition) is 1. The first-order chi connectivity index (χ1) is 7.79. The van der Waals surface area contributed by atoms with Crippen LogP contribution in [0.15, 0.2) is 17.5 Å². The average molecular weight is 234 g/mol. The van der Waals surface area contributed by atoms with Crippen molar-refractivity contribution in [3.05, 3.63) is 17.5 Å². The summed E-state index contributed by atoms with van der Waals surface area (Å²) in [4.78, 5) is 13.1. The molecule has 0 radical (unpaired) electrons. The van der Waals surface area contributed by atoms with Crippen molar-refractivity contribution < 1.29 is 4.79 Å². The first kappa shape index (κ1) is 10.3. The largest absolute Gasteiger partial charge is 0.272 e. The molecular weight excluding hydrogens is 228 g/mol. The Hall–Kier alpha value is -2.27. The van der Waals surface area contributed by atoms with Gasteiger partial charge in [0, 0.05) is 0 Å². The number of nitrogens with zero attached hydrogens (tertiary/aromatic N) is 5. The van der Waals surface area contributed by atoms with Crippen LogP contribution in [-0.2, 0) is 11.3 Å². The Morgan fingerprint density at radius 2 is 2.56 bits per heavy atom. The zero-order chi connectivity index (χ0) is 11.4. The molecule has 0 aliphatic carbocycles. The number of tetrazole rings is 1. The summed E-state index contributed by atoms with van der Waals surface area (Å²) in [6, 6.07) is 3.74. The second-order valence-electron chi connectivity index (χ2n) is 2.78. The van der Waals surface area contributed by atoms with Crippen LogP contribution in [0.5, 0.6) is 0 Å². The van der Waals surface area contributed by atoms with Crippen LogP contribution in [0, 0.1) is 11.5 Å². The Labute approximate surface area is 94.3 Å². The van der Waals surface area contributed by atoms with Gasteiger partial charge in [0.25, 0.3) is 5.91 Å². The Bertz CT molecular complexity index is 525. The Kier molecular flexibility index (Phi) is 2.88. The molecule has 2 aromatic heterocycles. The van der Waals surface area contributed by atoms with Gasteiger partial charge in [-0.1, -0.05) is 6.07 Å². The molecule has 0 atom stereocenters. The molecule has 0 bridgehead atoms. The van der Waals surface area contributed by atoms with Crippen LogP contribution in [0.25, 0.3) is 10.7 Å². The fraction of sp³-hybridized carbons (Fsp3) is 0.125. The summed E-state index contributed by atoms with van der Waals surface area (Å²) < 4.78 is 0. The lowest BCUT2D eigenvalue weighted by Crippen LogP contribution is -2.24. The third-order valence-corrected chi connectivity index (χ3v) is 2.54. The van der Waals surface area contributed by atoms with E-state index in [1.807, 2.05) is 22.8 Å². The predicted molar refractivity (Wildman–Crippen MR) is 54.9 cm³/mol. The molecule has 2 heterocycles. The number of rotatable bonds is 3. The molecule has 80 valence electrons. The number of nitrogens with one attached hydrogen (secondary N) is 1. The molecule has 16 heavy (non-hydrogen) atoms. The number of aromatic nitrogens is 4. The summed E-state index contributed by atoms with van der Waals surface area (Å²) in [7, 11) is 0. The molecule has 0 saturated carbocycles. The molecule has 2 rings (SSSR count). The van der Waals surface area contributed by atoms with Gasteiger partial charge in [0.1, 0.15) is 6.54 Å². The molecule has 2 aromatic rings. The van der Waals surface area contributed by atoms with Crippen LogP contribution in [0.3, 0.4) is 0 Å². The molecule has 7 nitrogen and oxygen atoms in total. The van der Waals surface area contributed by atoms with E-state index in [1.165, 1.54) is 17.5 Å². The van der Waals surface area contributed by atoms with Crippen LogP contribution in [-0.4, -0.2) is 26.1 Å². The van der Waals surface area contributed by atoms with Crippen molar-refractivity contribution in [2.45, 2.75) is 6.54 Å². The highest BCUT2D eigenvalue weighted by atomic mass is 32.1. The van der Waals surface area contributed by atoms with Gasteiger partial charge in [-0.2, -0.15) is 10.1 Å². The van der Waals surface area contributed by atoms with Crippen molar-refractivity contribution in [1.29, 1.82) is 5.26 Å². The molecule has 0 spiro atoms. The lowest BCUT2D eigenvalue weighted by Gasteiger charge is -1.93. The third kappa shape index (κ3) is 2.21. The van der Waals surface area contributed by atoms with Gasteiger partial charge >= 0.3 is 0 Å². The van der Waals surface area contributed by atoms with E-state index in [1.54, 1.807) is 0 Å². The summed E-state index contributed by atoms with van der Waals surface area (Å²) in [6.45, 7) is -0.119. The smallest absolute Gasteiger partial charge is 0.256 e. The summed E-state index contributed by atoms with van der Waals surface area (Å²) in [5, 5.41) is 23.6.